The number of hydrogen-bond acceptors (Lipinski definition) is 6. The fourth-order valence-electron chi connectivity index (χ4n) is 4.71. The van der Waals surface area contributed by atoms with E-state index in [4.69, 9.17) is 9.47 Å². The number of nitrogens with one attached hydrogen (secondary N) is 1. The first-order chi connectivity index (χ1) is 15.4. The second kappa shape index (κ2) is 9.77. The Hall–Kier alpha value is -2.16. The molecule has 1 N–H and O–H groups in total. The molecule has 0 radical (unpaired) electrons. The summed E-state index contributed by atoms with van der Waals surface area (Å²) >= 11 is 0. The zero-order valence-electron chi connectivity index (χ0n) is 19.1. The molecule has 4 rings (SSSR count). The van der Waals surface area contributed by atoms with Gasteiger partial charge in [0.15, 0.2) is 0 Å². The van der Waals surface area contributed by atoms with Crippen molar-refractivity contribution in [1.29, 1.82) is 0 Å². The lowest BCUT2D eigenvalue weighted by molar-refractivity contribution is 0.0658. The maximum atomic E-state index is 13.1. The lowest BCUT2D eigenvalue weighted by Crippen LogP contribution is -2.20. The number of rotatable bonds is 6. The van der Waals surface area contributed by atoms with E-state index < -0.39 is 10.0 Å². The van der Waals surface area contributed by atoms with E-state index in [0.717, 1.165) is 62.9 Å². The lowest BCUT2D eigenvalue weighted by Gasteiger charge is -2.27. The van der Waals surface area contributed by atoms with Gasteiger partial charge in [-0.15, -0.1) is 0 Å². The molecule has 0 unspecified atom stereocenters. The normalized spacial score (nSPS) is 22.1. The first-order valence-electron chi connectivity index (χ1n) is 11.3. The van der Waals surface area contributed by atoms with E-state index in [1.807, 2.05) is 18.2 Å². The van der Waals surface area contributed by atoms with Crippen LogP contribution in [0, 0.1) is 0 Å². The molecule has 0 spiro atoms. The zero-order valence-corrected chi connectivity index (χ0v) is 20.0. The highest BCUT2D eigenvalue weighted by atomic mass is 32.2. The van der Waals surface area contributed by atoms with Crippen molar-refractivity contribution in [2.24, 2.45) is 0 Å². The van der Waals surface area contributed by atoms with Crippen molar-refractivity contribution in [3.05, 3.63) is 47.2 Å². The molecule has 174 valence electrons. The predicted octanol–water partition coefficient (Wildman–Crippen LogP) is 3.59. The largest absolute Gasteiger partial charge is 0.479 e. The first-order valence-corrected chi connectivity index (χ1v) is 12.8. The van der Waals surface area contributed by atoms with Crippen molar-refractivity contribution >= 4 is 15.7 Å². The van der Waals surface area contributed by atoms with Crippen molar-refractivity contribution < 1.29 is 17.9 Å². The van der Waals surface area contributed by atoms with Crippen LogP contribution in [0.2, 0.25) is 0 Å². The molecular formula is C24H33N3O4S. The van der Waals surface area contributed by atoms with Gasteiger partial charge in [0.1, 0.15) is 5.69 Å². The third kappa shape index (κ3) is 5.08. The van der Waals surface area contributed by atoms with Gasteiger partial charge in [-0.05, 0) is 74.4 Å². The highest BCUT2D eigenvalue weighted by Gasteiger charge is 2.24. The summed E-state index contributed by atoms with van der Waals surface area (Å²) in [6, 6.07) is 9.14. The summed E-state index contributed by atoms with van der Waals surface area (Å²) in [5.74, 6) is 0.765. The van der Waals surface area contributed by atoms with Gasteiger partial charge in [-0.1, -0.05) is 12.1 Å². The van der Waals surface area contributed by atoms with Crippen LogP contribution in [0.4, 0.5) is 5.69 Å². The van der Waals surface area contributed by atoms with Crippen LogP contribution in [-0.4, -0.2) is 58.8 Å². The molecule has 1 aliphatic heterocycles. The number of aromatic nitrogens is 1. The van der Waals surface area contributed by atoms with Crippen LogP contribution < -0.4 is 9.46 Å². The molecule has 1 aromatic carbocycles. The molecule has 2 heterocycles. The van der Waals surface area contributed by atoms with Gasteiger partial charge in [0.2, 0.25) is 5.88 Å². The van der Waals surface area contributed by atoms with Crippen molar-refractivity contribution in [3.63, 3.8) is 0 Å². The van der Waals surface area contributed by atoms with E-state index in [1.165, 1.54) is 12.7 Å². The minimum Gasteiger partial charge on any atom is -0.479 e. The van der Waals surface area contributed by atoms with E-state index in [1.54, 1.807) is 19.2 Å². The van der Waals surface area contributed by atoms with Crippen LogP contribution in [0.15, 0.2) is 35.2 Å². The van der Waals surface area contributed by atoms with Gasteiger partial charge in [-0.25, -0.2) is 13.4 Å². The van der Waals surface area contributed by atoms with Gasteiger partial charge in [-0.2, -0.15) is 0 Å². The molecule has 0 saturated heterocycles. The van der Waals surface area contributed by atoms with E-state index >= 15 is 0 Å². The molecular weight excluding hydrogens is 426 g/mol. The van der Waals surface area contributed by atoms with Gasteiger partial charge in [0.05, 0.1) is 18.1 Å². The Bertz CT molecular complexity index is 1030. The van der Waals surface area contributed by atoms with Gasteiger partial charge in [0, 0.05) is 32.3 Å². The number of sulfonamides is 1. The van der Waals surface area contributed by atoms with E-state index in [0.29, 0.717) is 23.6 Å². The number of methoxy groups -OCH3 is 2. The maximum absolute atomic E-state index is 13.1. The van der Waals surface area contributed by atoms with Crippen LogP contribution in [0.25, 0.3) is 0 Å². The summed E-state index contributed by atoms with van der Waals surface area (Å²) < 4.78 is 39.8. The molecule has 1 fully saturated rings. The summed E-state index contributed by atoms with van der Waals surface area (Å²) in [5.41, 5.74) is 3.61. The summed E-state index contributed by atoms with van der Waals surface area (Å²) in [7, 11) is 1.61. The Morgan fingerprint density at radius 1 is 1.03 bits per heavy atom. The molecule has 0 bridgehead atoms. The maximum Gasteiger partial charge on any atom is 0.262 e. The molecule has 7 nitrogen and oxygen atoms in total. The van der Waals surface area contributed by atoms with E-state index in [9.17, 15) is 8.42 Å². The highest BCUT2D eigenvalue weighted by molar-refractivity contribution is 7.92. The Morgan fingerprint density at radius 3 is 2.38 bits per heavy atom. The van der Waals surface area contributed by atoms with Gasteiger partial charge >= 0.3 is 0 Å². The van der Waals surface area contributed by atoms with Crippen LogP contribution in [-0.2, 0) is 27.6 Å². The Balaban J connectivity index is 1.52. The average molecular weight is 460 g/mol. The van der Waals surface area contributed by atoms with Crippen LogP contribution in [0.5, 0.6) is 5.88 Å². The summed E-state index contributed by atoms with van der Waals surface area (Å²) in [5, 5.41) is 0. The third-order valence-corrected chi connectivity index (χ3v) is 8.14. The standard InChI is InChI=1S/C24H33N3O4S/c1-27-14-12-19-16-23(24(31-3)25-22(19)13-15-27)26-32(28,29)21-10-6-18(7-11-21)17-4-8-20(30-2)9-5-17/h6-7,10-11,16-17,20,26H,4-5,8-9,12-15H2,1-3H3/t17-,20-. The average Bonchev–Trinajstić information content (AvgIpc) is 2.99. The number of ether oxygens (including phenoxy) is 2. The molecule has 1 aromatic heterocycles. The van der Waals surface area contributed by atoms with Gasteiger partial charge in [0.25, 0.3) is 10.0 Å². The molecule has 1 saturated carbocycles. The number of hydrogen-bond donors (Lipinski definition) is 1. The predicted molar refractivity (Wildman–Crippen MR) is 125 cm³/mol. The number of anilines is 1. The van der Waals surface area contributed by atoms with Crippen LogP contribution in [0.3, 0.4) is 0 Å². The van der Waals surface area contributed by atoms with Crippen LogP contribution in [0.1, 0.15) is 48.4 Å². The Morgan fingerprint density at radius 2 is 1.72 bits per heavy atom. The highest BCUT2D eigenvalue weighted by Crippen LogP contribution is 2.35. The number of likely N-dealkylation sites (N-methyl/N-ethyl adjacent to an activating group) is 1. The molecule has 8 heteroatoms. The quantitative estimate of drug-likeness (QED) is 0.711. The molecule has 0 atom stereocenters. The van der Waals surface area contributed by atoms with Gasteiger partial charge in [-0.3, -0.25) is 4.72 Å². The summed E-state index contributed by atoms with van der Waals surface area (Å²) in [6.45, 7) is 1.84. The second-order valence-electron chi connectivity index (χ2n) is 8.84. The number of fused-ring (bicyclic) bond motifs is 1. The Labute approximate surface area is 191 Å². The minimum atomic E-state index is -3.75. The molecule has 2 aliphatic rings. The third-order valence-electron chi connectivity index (χ3n) is 6.76. The van der Waals surface area contributed by atoms with E-state index in [2.05, 4.69) is 21.7 Å². The number of benzene rings is 1. The van der Waals surface area contributed by atoms with Crippen LogP contribution >= 0.6 is 0 Å². The summed E-state index contributed by atoms with van der Waals surface area (Å²) in [6.07, 6.45) is 6.22. The first kappa shape index (κ1) is 23.0. The van der Waals surface area contributed by atoms with Crippen molar-refractivity contribution in [1.82, 2.24) is 9.88 Å². The molecule has 1 aliphatic carbocycles. The summed E-state index contributed by atoms with van der Waals surface area (Å²) in [4.78, 5) is 7.10. The smallest absolute Gasteiger partial charge is 0.262 e. The Kier molecular flexibility index (Phi) is 7.02. The SMILES string of the molecule is COc1nc2c(cc1NS(=O)(=O)c1ccc([C@H]3CC[C@H](OC)CC3)cc1)CCN(C)CC2. The zero-order chi connectivity index (χ0) is 22.7. The number of nitrogens with zero attached hydrogens (tertiary/aromatic N) is 2. The molecule has 0 amide bonds. The fraction of sp³-hybridized carbons (Fsp3) is 0.542. The van der Waals surface area contributed by atoms with Crippen molar-refractivity contribution in [3.8, 4) is 5.88 Å². The topological polar surface area (TPSA) is 80.8 Å². The van der Waals surface area contributed by atoms with Crippen molar-refractivity contribution in [2.75, 3.05) is 39.1 Å². The fourth-order valence-corrected chi connectivity index (χ4v) is 5.76. The minimum absolute atomic E-state index is 0.239. The monoisotopic (exact) mass is 459 g/mol. The van der Waals surface area contributed by atoms with Gasteiger partial charge < -0.3 is 14.4 Å². The number of pyridine rings is 1. The molecule has 32 heavy (non-hydrogen) atoms. The lowest BCUT2D eigenvalue weighted by atomic mass is 9.83. The van der Waals surface area contributed by atoms with Crippen molar-refractivity contribution in [2.45, 2.75) is 55.4 Å². The second-order valence-corrected chi connectivity index (χ2v) is 10.5. The van der Waals surface area contributed by atoms with E-state index in [-0.39, 0.29) is 4.90 Å². The molecule has 2 aromatic rings.